The quantitative estimate of drug-likeness (QED) is 0.710. The summed E-state index contributed by atoms with van der Waals surface area (Å²) in [4.78, 5) is 16.7. The van der Waals surface area contributed by atoms with Crippen molar-refractivity contribution in [1.82, 2.24) is 14.3 Å². The van der Waals surface area contributed by atoms with E-state index in [0.29, 0.717) is 27.9 Å². The first kappa shape index (κ1) is 21.0. The Morgan fingerprint density at radius 2 is 1.96 bits per heavy atom. The van der Waals surface area contributed by atoms with Gasteiger partial charge in [0.2, 0.25) is 10.0 Å². The minimum atomic E-state index is -3.75. The number of halogens is 3. The van der Waals surface area contributed by atoms with Gasteiger partial charge in [-0.05, 0) is 30.2 Å². The molecule has 0 saturated heterocycles. The molecule has 1 amide bonds. The molecule has 0 bridgehead atoms. The van der Waals surface area contributed by atoms with Crippen LogP contribution in [-0.4, -0.2) is 30.1 Å². The number of carbonyl (C=O) groups excluding carboxylic acids is 1. The van der Waals surface area contributed by atoms with Gasteiger partial charge in [-0.15, -0.1) is 0 Å². The van der Waals surface area contributed by atoms with E-state index in [1.807, 2.05) is 11.6 Å². The highest BCUT2D eigenvalue weighted by Gasteiger charge is 2.24. The number of imidazole rings is 1. The zero-order valence-corrected chi connectivity index (χ0v) is 17.3. The maximum Gasteiger partial charge on any atom is 0.284 e. The van der Waals surface area contributed by atoms with Crippen LogP contribution in [0, 0.1) is 0 Å². The van der Waals surface area contributed by atoms with E-state index in [9.17, 15) is 13.2 Å². The molecule has 2 rings (SSSR count). The minimum absolute atomic E-state index is 0.0285. The summed E-state index contributed by atoms with van der Waals surface area (Å²) in [5, 5.41) is 0.901. The maximum atomic E-state index is 12.4. The van der Waals surface area contributed by atoms with Gasteiger partial charge in [0.1, 0.15) is 11.5 Å². The van der Waals surface area contributed by atoms with Gasteiger partial charge in [-0.2, -0.15) is 0 Å². The van der Waals surface area contributed by atoms with Crippen molar-refractivity contribution in [1.29, 1.82) is 0 Å². The summed E-state index contributed by atoms with van der Waals surface area (Å²) in [6.45, 7) is 2.21. The van der Waals surface area contributed by atoms with Crippen LogP contribution in [0.15, 0.2) is 18.2 Å². The van der Waals surface area contributed by atoms with Gasteiger partial charge in [-0.1, -0.05) is 48.1 Å². The van der Waals surface area contributed by atoms with E-state index in [1.165, 1.54) is 0 Å². The highest BCUT2D eigenvalue weighted by atomic mass is 35.5. The first-order valence-corrected chi connectivity index (χ1v) is 10.9. The zero-order chi connectivity index (χ0) is 19.5. The molecule has 1 heterocycles. The number of rotatable bonds is 7. The topological polar surface area (TPSA) is 81.1 Å². The molecule has 0 radical (unpaired) electrons. The molecular formula is C16H18Cl3N3O3S. The number of benzene rings is 1. The van der Waals surface area contributed by atoms with Crippen LogP contribution in [0.4, 0.5) is 0 Å². The molecule has 0 aliphatic rings. The largest absolute Gasteiger partial charge is 0.318 e. The number of sulfonamides is 1. The van der Waals surface area contributed by atoms with Crippen molar-refractivity contribution < 1.29 is 13.2 Å². The Hall–Kier alpha value is -1.28. The van der Waals surface area contributed by atoms with Gasteiger partial charge >= 0.3 is 0 Å². The average molecular weight is 439 g/mol. The fourth-order valence-electron chi connectivity index (χ4n) is 2.43. The molecule has 142 valence electrons. The summed E-state index contributed by atoms with van der Waals surface area (Å²) in [5.74, 6) is -0.266. The number of unbranched alkanes of at least 4 members (excludes halogenated alkanes) is 1. The molecule has 1 aromatic carbocycles. The minimum Gasteiger partial charge on any atom is -0.318 e. The van der Waals surface area contributed by atoms with Crippen LogP contribution in [-0.2, 0) is 23.0 Å². The number of aryl methyl sites for hydroxylation is 1. The van der Waals surface area contributed by atoms with E-state index in [1.54, 1.807) is 22.8 Å². The second kappa shape index (κ2) is 8.61. The fraction of sp³-hybridized carbons (Fsp3) is 0.375. The van der Waals surface area contributed by atoms with Crippen molar-refractivity contribution in [2.24, 2.45) is 0 Å². The molecule has 0 saturated carbocycles. The molecular weight excluding hydrogens is 421 g/mol. The Labute approximate surface area is 167 Å². The molecule has 0 aliphatic heterocycles. The SMILES string of the molecule is CCCCc1nc(Cl)c(C(=O)NS(C)(=O)=O)n1Cc1cc(Cl)ccc1Cl. The second-order valence-corrected chi connectivity index (χ2v) is 8.75. The van der Waals surface area contributed by atoms with Gasteiger partial charge in [-0.3, -0.25) is 4.79 Å². The summed E-state index contributed by atoms with van der Waals surface area (Å²) in [7, 11) is -3.75. The smallest absolute Gasteiger partial charge is 0.284 e. The summed E-state index contributed by atoms with van der Waals surface area (Å²) in [6, 6.07) is 4.99. The first-order chi connectivity index (χ1) is 12.1. The molecule has 0 fully saturated rings. The number of aromatic nitrogens is 2. The number of hydrogen-bond donors (Lipinski definition) is 1. The molecule has 1 N–H and O–H groups in total. The van der Waals surface area contributed by atoms with Gasteiger partial charge in [0, 0.05) is 16.5 Å². The summed E-state index contributed by atoms with van der Waals surface area (Å²) in [6.07, 6.45) is 3.24. The van der Waals surface area contributed by atoms with E-state index in [-0.39, 0.29) is 17.4 Å². The predicted molar refractivity (Wildman–Crippen MR) is 104 cm³/mol. The number of amides is 1. The molecule has 0 atom stereocenters. The van der Waals surface area contributed by atoms with Crippen molar-refractivity contribution in [2.45, 2.75) is 32.7 Å². The Balaban J connectivity index is 2.52. The third-order valence-electron chi connectivity index (χ3n) is 3.59. The lowest BCUT2D eigenvalue weighted by atomic mass is 10.2. The second-order valence-electron chi connectivity index (χ2n) is 5.80. The summed E-state index contributed by atoms with van der Waals surface area (Å²) < 4.78 is 26.4. The summed E-state index contributed by atoms with van der Waals surface area (Å²) >= 11 is 18.4. The van der Waals surface area contributed by atoms with Crippen LogP contribution in [0.2, 0.25) is 15.2 Å². The number of nitrogens with zero attached hydrogens (tertiary/aromatic N) is 2. The Morgan fingerprint density at radius 1 is 1.27 bits per heavy atom. The average Bonchev–Trinajstić information content (AvgIpc) is 2.83. The van der Waals surface area contributed by atoms with Crippen LogP contribution in [0.1, 0.15) is 41.6 Å². The fourth-order valence-corrected chi connectivity index (χ4v) is 3.52. The van der Waals surface area contributed by atoms with Gasteiger partial charge in [0.25, 0.3) is 5.91 Å². The van der Waals surface area contributed by atoms with E-state index in [4.69, 9.17) is 34.8 Å². The molecule has 26 heavy (non-hydrogen) atoms. The Morgan fingerprint density at radius 3 is 2.58 bits per heavy atom. The first-order valence-electron chi connectivity index (χ1n) is 7.83. The Kier molecular flexibility index (Phi) is 6.96. The molecule has 10 heteroatoms. The van der Waals surface area contributed by atoms with Crippen molar-refractivity contribution in [3.8, 4) is 0 Å². The van der Waals surface area contributed by atoms with Crippen LogP contribution >= 0.6 is 34.8 Å². The third kappa shape index (κ3) is 5.36. The van der Waals surface area contributed by atoms with E-state index < -0.39 is 15.9 Å². The molecule has 2 aromatic rings. The predicted octanol–water partition coefficient (Wildman–Crippen LogP) is 3.92. The van der Waals surface area contributed by atoms with Crippen LogP contribution in [0.25, 0.3) is 0 Å². The summed E-state index contributed by atoms with van der Waals surface area (Å²) in [5.41, 5.74) is 0.638. The number of carbonyl (C=O) groups is 1. The zero-order valence-electron chi connectivity index (χ0n) is 14.2. The van der Waals surface area contributed by atoms with Crippen molar-refractivity contribution in [2.75, 3.05) is 6.26 Å². The Bertz CT molecular complexity index is 926. The molecule has 6 nitrogen and oxygen atoms in total. The number of hydrogen-bond acceptors (Lipinski definition) is 4. The highest BCUT2D eigenvalue weighted by molar-refractivity contribution is 7.89. The standard InChI is InChI=1S/C16H18Cl3N3O3S/c1-3-4-5-13-20-15(19)14(16(23)21-26(2,24)25)22(13)9-10-8-11(17)6-7-12(10)18/h6-8H,3-5,9H2,1-2H3,(H,21,23). The van der Waals surface area contributed by atoms with Gasteiger partial charge in [-0.25, -0.2) is 18.1 Å². The lowest BCUT2D eigenvalue weighted by Gasteiger charge is -2.13. The van der Waals surface area contributed by atoms with Crippen LogP contribution in [0.3, 0.4) is 0 Å². The lowest BCUT2D eigenvalue weighted by Crippen LogP contribution is -2.31. The van der Waals surface area contributed by atoms with Crippen molar-refractivity contribution in [3.63, 3.8) is 0 Å². The van der Waals surface area contributed by atoms with Crippen LogP contribution < -0.4 is 4.72 Å². The lowest BCUT2D eigenvalue weighted by molar-refractivity contribution is 0.0973. The van der Waals surface area contributed by atoms with Gasteiger partial charge < -0.3 is 4.57 Å². The molecule has 1 aromatic heterocycles. The van der Waals surface area contributed by atoms with Gasteiger partial charge in [0.15, 0.2) is 5.15 Å². The van der Waals surface area contributed by atoms with E-state index in [0.717, 1.165) is 19.1 Å². The normalized spacial score (nSPS) is 11.6. The van der Waals surface area contributed by atoms with Crippen LogP contribution in [0.5, 0.6) is 0 Å². The van der Waals surface area contributed by atoms with Crippen molar-refractivity contribution in [3.05, 3.63) is 50.5 Å². The maximum absolute atomic E-state index is 12.4. The molecule has 0 aliphatic carbocycles. The monoisotopic (exact) mass is 437 g/mol. The molecule has 0 unspecified atom stereocenters. The third-order valence-corrected chi connectivity index (χ3v) is 5.01. The van der Waals surface area contributed by atoms with E-state index >= 15 is 0 Å². The van der Waals surface area contributed by atoms with Crippen molar-refractivity contribution >= 4 is 50.7 Å². The van der Waals surface area contributed by atoms with E-state index in [2.05, 4.69) is 4.98 Å². The number of nitrogens with one attached hydrogen (secondary N) is 1. The van der Waals surface area contributed by atoms with Gasteiger partial charge in [0.05, 0.1) is 12.8 Å². The molecule has 0 spiro atoms. The highest BCUT2D eigenvalue weighted by Crippen LogP contribution is 2.25.